The van der Waals surface area contributed by atoms with Crippen LogP contribution in [0.5, 0.6) is 0 Å². The summed E-state index contributed by atoms with van der Waals surface area (Å²) in [5.41, 5.74) is 0.481. The van der Waals surface area contributed by atoms with Gasteiger partial charge in [0.15, 0.2) is 0 Å². The molecular weight excluding hydrogens is 273 g/mol. The van der Waals surface area contributed by atoms with Crippen molar-refractivity contribution < 1.29 is 0 Å². The molecule has 0 atom stereocenters. The third-order valence-corrected chi connectivity index (χ3v) is 2.80. The highest BCUT2D eigenvalue weighted by Gasteiger charge is 2.08. The largest absolute Gasteiger partial charge is 0.317 e. The molecule has 0 unspecified atom stereocenters. The van der Waals surface area contributed by atoms with Crippen LogP contribution in [0.2, 0.25) is 0 Å². The summed E-state index contributed by atoms with van der Waals surface area (Å²) in [4.78, 5) is 0. The maximum absolute atomic E-state index is 3.50. The summed E-state index contributed by atoms with van der Waals surface area (Å²) in [6.45, 7) is 9.26. The summed E-state index contributed by atoms with van der Waals surface area (Å²) in [7, 11) is 0. The molecule has 0 heterocycles. The van der Waals surface area contributed by atoms with Crippen molar-refractivity contribution in [3.05, 3.63) is 0 Å². The monoisotopic (exact) mass is 297 g/mol. The molecule has 0 fully saturated rings. The van der Waals surface area contributed by atoms with E-state index in [0.29, 0.717) is 5.41 Å². The first kappa shape index (κ1) is 13.7. The molecule has 0 spiro atoms. The van der Waals surface area contributed by atoms with Gasteiger partial charge in [0.2, 0.25) is 0 Å². The second-order valence-corrected chi connectivity index (χ2v) is 5.89. The maximum atomic E-state index is 3.50. The lowest BCUT2D eigenvalue weighted by atomic mass is 9.92. The van der Waals surface area contributed by atoms with Crippen molar-refractivity contribution in [2.24, 2.45) is 5.41 Å². The molecule has 0 aromatic rings. The SMILES string of the molecule is CC(C)(C)CCNCCCCCI. The van der Waals surface area contributed by atoms with Gasteiger partial charge in [-0.25, -0.2) is 0 Å². The molecule has 2 heteroatoms. The second-order valence-electron chi connectivity index (χ2n) is 4.81. The molecule has 0 aliphatic heterocycles. The molecule has 0 bridgehead atoms. The highest BCUT2D eigenvalue weighted by molar-refractivity contribution is 14.1. The van der Waals surface area contributed by atoms with E-state index in [9.17, 15) is 0 Å². The second kappa shape index (κ2) is 8.04. The van der Waals surface area contributed by atoms with E-state index < -0.39 is 0 Å². The van der Waals surface area contributed by atoms with Gasteiger partial charge < -0.3 is 5.32 Å². The summed E-state index contributed by atoms with van der Waals surface area (Å²) >= 11 is 2.45. The fourth-order valence-electron chi connectivity index (χ4n) is 1.11. The highest BCUT2D eigenvalue weighted by atomic mass is 127. The van der Waals surface area contributed by atoms with Gasteiger partial charge in [-0.15, -0.1) is 0 Å². The van der Waals surface area contributed by atoms with Crippen LogP contribution in [0.25, 0.3) is 0 Å². The molecule has 13 heavy (non-hydrogen) atoms. The molecule has 0 radical (unpaired) electrons. The summed E-state index contributed by atoms with van der Waals surface area (Å²) in [6, 6.07) is 0. The number of alkyl halides is 1. The zero-order chi connectivity index (χ0) is 10.2. The van der Waals surface area contributed by atoms with Gasteiger partial charge >= 0.3 is 0 Å². The number of nitrogens with one attached hydrogen (secondary N) is 1. The lowest BCUT2D eigenvalue weighted by molar-refractivity contribution is 0.366. The van der Waals surface area contributed by atoms with Gasteiger partial charge in [-0.3, -0.25) is 0 Å². The Morgan fingerprint density at radius 2 is 1.69 bits per heavy atom. The van der Waals surface area contributed by atoms with Gasteiger partial charge in [0.05, 0.1) is 0 Å². The Kier molecular flexibility index (Phi) is 8.46. The van der Waals surface area contributed by atoms with Crippen molar-refractivity contribution in [2.45, 2.75) is 46.5 Å². The summed E-state index contributed by atoms with van der Waals surface area (Å²) in [5, 5.41) is 3.50. The zero-order valence-electron chi connectivity index (χ0n) is 9.33. The van der Waals surface area contributed by atoms with Crippen molar-refractivity contribution in [1.29, 1.82) is 0 Å². The Balaban J connectivity index is 3.00. The number of hydrogen-bond acceptors (Lipinski definition) is 1. The lowest BCUT2D eigenvalue weighted by Gasteiger charge is -2.17. The predicted molar refractivity (Wildman–Crippen MR) is 69.7 cm³/mol. The molecule has 0 saturated carbocycles. The molecule has 1 nitrogen and oxygen atoms in total. The van der Waals surface area contributed by atoms with Crippen LogP contribution in [0.4, 0.5) is 0 Å². The molecular formula is C11H24IN. The molecule has 0 saturated heterocycles. The van der Waals surface area contributed by atoms with Crippen LogP contribution < -0.4 is 5.32 Å². The fourth-order valence-corrected chi connectivity index (χ4v) is 1.65. The van der Waals surface area contributed by atoms with Gasteiger partial charge in [0, 0.05) is 0 Å². The van der Waals surface area contributed by atoms with Gasteiger partial charge in [-0.05, 0) is 42.2 Å². The van der Waals surface area contributed by atoms with E-state index in [1.54, 1.807) is 0 Å². The minimum Gasteiger partial charge on any atom is -0.317 e. The smallest absolute Gasteiger partial charge is 0.000472 e. The van der Waals surface area contributed by atoms with Crippen LogP contribution in [0, 0.1) is 5.41 Å². The van der Waals surface area contributed by atoms with Gasteiger partial charge in [0.1, 0.15) is 0 Å². The summed E-state index contributed by atoms with van der Waals surface area (Å²) in [5.74, 6) is 0. The van der Waals surface area contributed by atoms with Crippen LogP contribution in [0.15, 0.2) is 0 Å². The number of unbranched alkanes of at least 4 members (excludes halogenated alkanes) is 2. The van der Waals surface area contributed by atoms with E-state index in [0.717, 1.165) is 0 Å². The van der Waals surface area contributed by atoms with Crippen molar-refractivity contribution in [3.63, 3.8) is 0 Å². The molecule has 0 amide bonds. The van der Waals surface area contributed by atoms with Crippen molar-refractivity contribution in [1.82, 2.24) is 5.32 Å². The van der Waals surface area contributed by atoms with Crippen LogP contribution >= 0.6 is 22.6 Å². The van der Waals surface area contributed by atoms with Gasteiger partial charge in [0.25, 0.3) is 0 Å². The third kappa shape index (κ3) is 12.7. The quantitative estimate of drug-likeness (QED) is 0.430. The third-order valence-electron chi connectivity index (χ3n) is 2.04. The lowest BCUT2D eigenvalue weighted by Crippen LogP contribution is -2.21. The van der Waals surface area contributed by atoms with E-state index in [1.165, 1.54) is 43.2 Å². The maximum Gasteiger partial charge on any atom is -0.000472 e. The molecule has 0 aliphatic carbocycles. The van der Waals surface area contributed by atoms with Crippen molar-refractivity contribution in [3.8, 4) is 0 Å². The van der Waals surface area contributed by atoms with E-state index in [4.69, 9.17) is 0 Å². The molecule has 0 aromatic heterocycles. The Hall–Kier alpha value is 0.690. The van der Waals surface area contributed by atoms with Crippen LogP contribution in [0.1, 0.15) is 46.5 Å². The Bertz CT molecular complexity index is 107. The zero-order valence-corrected chi connectivity index (χ0v) is 11.5. The molecule has 0 aromatic carbocycles. The molecule has 0 aliphatic rings. The van der Waals surface area contributed by atoms with Gasteiger partial charge in [-0.1, -0.05) is 49.8 Å². The topological polar surface area (TPSA) is 12.0 Å². The molecule has 80 valence electrons. The van der Waals surface area contributed by atoms with Crippen molar-refractivity contribution in [2.75, 3.05) is 17.5 Å². The van der Waals surface area contributed by atoms with Crippen LogP contribution in [0.3, 0.4) is 0 Å². The first-order chi connectivity index (χ1) is 6.06. The standard InChI is InChI=1S/C11H24IN/c1-11(2,3)7-10-13-9-6-4-5-8-12/h13H,4-10H2,1-3H3. The molecule has 0 rings (SSSR count). The predicted octanol–water partition coefficient (Wildman–Crippen LogP) is 3.62. The Labute approximate surface area is 97.2 Å². The minimum atomic E-state index is 0.481. The summed E-state index contributed by atoms with van der Waals surface area (Å²) < 4.78 is 1.31. The first-order valence-corrected chi connectivity index (χ1v) is 6.85. The van der Waals surface area contributed by atoms with E-state index >= 15 is 0 Å². The number of hydrogen-bond donors (Lipinski definition) is 1. The minimum absolute atomic E-state index is 0.481. The van der Waals surface area contributed by atoms with E-state index in [-0.39, 0.29) is 0 Å². The average molecular weight is 297 g/mol. The van der Waals surface area contributed by atoms with Crippen LogP contribution in [-0.4, -0.2) is 17.5 Å². The normalized spacial score (nSPS) is 12.0. The Morgan fingerprint density at radius 3 is 2.23 bits per heavy atom. The average Bonchev–Trinajstić information content (AvgIpc) is 2.01. The number of rotatable bonds is 7. The van der Waals surface area contributed by atoms with Crippen molar-refractivity contribution >= 4 is 22.6 Å². The number of halogens is 1. The highest BCUT2D eigenvalue weighted by Crippen LogP contribution is 2.16. The molecule has 1 N–H and O–H groups in total. The first-order valence-electron chi connectivity index (χ1n) is 5.33. The van der Waals surface area contributed by atoms with Crippen LogP contribution in [-0.2, 0) is 0 Å². The van der Waals surface area contributed by atoms with E-state index in [2.05, 4.69) is 48.7 Å². The Morgan fingerprint density at radius 1 is 1.00 bits per heavy atom. The summed E-state index contributed by atoms with van der Waals surface area (Å²) in [6.07, 6.45) is 5.37. The fraction of sp³-hybridized carbons (Fsp3) is 1.00. The van der Waals surface area contributed by atoms with E-state index in [1.807, 2.05) is 0 Å². The van der Waals surface area contributed by atoms with Gasteiger partial charge in [-0.2, -0.15) is 0 Å².